The molecule has 0 aromatic carbocycles. The lowest BCUT2D eigenvalue weighted by atomic mass is 10.1. The molecule has 0 aliphatic carbocycles. The van der Waals surface area contributed by atoms with Crippen LogP contribution in [0.4, 0.5) is 0 Å². The van der Waals surface area contributed by atoms with Gasteiger partial charge in [0.05, 0.1) is 6.10 Å². The summed E-state index contributed by atoms with van der Waals surface area (Å²) in [5, 5.41) is 18.5. The van der Waals surface area contributed by atoms with Crippen LogP contribution in [0.1, 0.15) is 19.8 Å². The first-order valence-electron chi connectivity index (χ1n) is 3.00. The Labute approximate surface area is 58.5 Å². The van der Waals surface area contributed by atoms with E-state index in [0.717, 1.165) is 0 Å². The first-order valence-corrected chi connectivity index (χ1v) is 3.00. The molecule has 1 N–H and O–H groups in total. The summed E-state index contributed by atoms with van der Waals surface area (Å²) in [4.78, 5) is 20.1. The van der Waals surface area contributed by atoms with Gasteiger partial charge >= 0.3 is 0 Å². The van der Waals surface area contributed by atoms with E-state index in [1.54, 1.807) is 6.92 Å². The molecule has 58 valence electrons. The van der Waals surface area contributed by atoms with Crippen molar-refractivity contribution in [2.75, 3.05) is 0 Å². The highest BCUT2D eigenvalue weighted by Crippen LogP contribution is 1.96. The van der Waals surface area contributed by atoms with Crippen molar-refractivity contribution >= 4 is 11.8 Å². The molecular formula is C6H9O4-. The number of rotatable bonds is 4. The van der Waals surface area contributed by atoms with Crippen LogP contribution in [0, 0.1) is 0 Å². The molecule has 0 spiro atoms. The zero-order valence-electron chi connectivity index (χ0n) is 5.66. The zero-order chi connectivity index (χ0) is 8.15. The molecule has 10 heavy (non-hydrogen) atoms. The molecule has 0 saturated heterocycles. The quantitative estimate of drug-likeness (QED) is 0.486. The van der Waals surface area contributed by atoms with Crippen LogP contribution >= 0.6 is 0 Å². The van der Waals surface area contributed by atoms with Crippen molar-refractivity contribution in [1.82, 2.24) is 0 Å². The van der Waals surface area contributed by atoms with E-state index in [0.29, 0.717) is 6.42 Å². The van der Waals surface area contributed by atoms with Crippen LogP contribution in [0.25, 0.3) is 0 Å². The van der Waals surface area contributed by atoms with E-state index in [9.17, 15) is 14.7 Å². The predicted octanol–water partition coefficient (Wildman–Crippen LogP) is -1.53. The number of carbonyl (C=O) groups is 2. The minimum absolute atomic E-state index is 0.348. The van der Waals surface area contributed by atoms with Crippen LogP contribution in [0.15, 0.2) is 0 Å². The largest absolute Gasteiger partial charge is 0.542 e. The molecule has 0 rings (SSSR count). The predicted molar refractivity (Wildman–Crippen MR) is 30.9 cm³/mol. The molecule has 0 aromatic heterocycles. The number of aliphatic hydroxyl groups excluding tert-OH is 1. The van der Waals surface area contributed by atoms with Crippen LogP contribution < -0.4 is 5.11 Å². The molecule has 0 aromatic rings. The molecule has 4 nitrogen and oxygen atoms in total. The molecule has 0 bridgehead atoms. The first-order chi connectivity index (χ1) is 4.57. The monoisotopic (exact) mass is 145 g/mol. The maximum Gasteiger partial charge on any atom is 0.180 e. The molecule has 0 amide bonds. The van der Waals surface area contributed by atoms with Crippen LogP contribution in [0.5, 0.6) is 0 Å². The Bertz CT molecular complexity index is 141. The lowest BCUT2D eigenvalue weighted by molar-refractivity contribution is -0.300. The van der Waals surface area contributed by atoms with E-state index in [-0.39, 0.29) is 6.42 Å². The number of aliphatic carboxylic acids is 1. The smallest absolute Gasteiger partial charge is 0.180 e. The summed E-state index contributed by atoms with van der Waals surface area (Å²) in [6.45, 7) is 1.66. The Kier molecular flexibility index (Phi) is 3.64. The Hall–Kier alpha value is -0.900. The number of Topliss-reactive ketones (excluding diaryl/α,β-unsaturated/α-hetero) is 1. The summed E-state index contributed by atoms with van der Waals surface area (Å²) in [6, 6.07) is 0. The second kappa shape index (κ2) is 4.00. The third-order valence-corrected chi connectivity index (χ3v) is 1.12. The Balaban J connectivity index is 3.68. The Morgan fingerprint density at radius 1 is 1.60 bits per heavy atom. The van der Waals surface area contributed by atoms with Gasteiger partial charge in [-0.25, -0.2) is 0 Å². The lowest BCUT2D eigenvalue weighted by Gasteiger charge is -2.05. The summed E-state index contributed by atoms with van der Waals surface area (Å²) < 4.78 is 0. The van der Waals surface area contributed by atoms with E-state index in [1.165, 1.54) is 0 Å². The van der Waals surface area contributed by atoms with E-state index < -0.39 is 17.9 Å². The molecular weight excluding hydrogens is 136 g/mol. The SMILES string of the molecule is CCC(O)CC(=O)C(=O)[O-]. The minimum atomic E-state index is -1.73. The molecule has 0 fully saturated rings. The Morgan fingerprint density at radius 3 is 2.40 bits per heavy atom. The van der Waals surface area contributed by atoms with Crippen LogP contribution in [0.2, 0.25) is 0 Å². The van der Waals surface area contributed by atoms with Gasteiger partial charge in [-0.15, -0.1) is 0 Å². The summed E-state index contributed by atoms with van der Waals surface area (Å²) in [7, 11) is 0. The number of carbonyl (C=O) groups excluding carboxylic acids is 2. The maximum atomic E-state index is 10.3. The molecule has 1 atom stereocenters. The fourth-order valence-electron chi connectivity index (χ4n) is 0.442. The van der Waals surface area contributed by atoms with Crippen molar-refractivity contribution in [1.29, 1.82) is 0 Å². The average molecular weight is 145 g/mol. The lowest BCUT2D eigenvalue weighted by Crippen LogP contribution is -2.33. The van der Waals surface area contributed by atoms with Crippen LogP contribution in [-0.4, -0.2) is 23.0 Å². The molecule has 0 saturated carbocycles. The van der Waals surface area contributed by atoms with Crippen molar-refractivity contribution in [3.05, 3.63) is 0 Å². The maximum absolute atomic E-state index is 10.3. The molecule has 4 heteroatoms. The number of hydrogen-bond donors (Lipinski definition) is 1. The van der Waals surface area contributed by atoms with E-state index >= 15 is 0 Å². The summed E-state index contributed by atoms with van der Waals surface area (Å²) in [6.07, 6.45) is -0.830. The first kappa shape index (κ1) is 9.10. The number of aliphatic hydroxyl groups is 1. The van der Waals surface area contributed by atoms with Gasteiger partial charge in [0.1, 0.15) is 5.97 Å². The van der Waals surface area contributed by atoms with Gasteiger partial charge in [0.25, 0.3) is 0 Å². The van der Waals surface area contributed by atoms with Crippen molar-refractivity contribution in [3.63, 3.8) is 0 Å². The number of carboxylic acids is 1. The summed E-state index contributed by atoms with van der Waals surface area (Å²) in [5.74, 6) is -2.78. The zero-order valence-corrected chi connectivity index (χ0v) is 5.66. The van der Waals surface area contributed by atoms with E-state index in [2.05, 4.69) is 0 Å². The van der Waals surface area contributed by atoms with Crippen molar-refractivity contribution < 1.29 is 19.8 Å². The second-order valence-electron chi connectivity index (χ2n) is 1.98. The van der Waals surface area contributed by atoms with Gasteiger partial charge in [0.2, 0.25) is 0 Å². The molecule has 0 radical (unpaired) electrons. The van der Waals surface area contributed by atoms with Gasteiger partial charge in [-0.2, -0.15) is 0 Å². The highest BCUT2D eigenvalue weighted by Gasteiger charge is 2.08. The number of carboxylic acid groups (broad SMARTS) is 1. The van der Waals surface area contributed by atoms with Crippen molar-refractivity contribution in [2.45, 2.75) is 25.9 Å². The Morgan fingerprint density at radius 2 is 2.10 bits per heavy atom. The second-order valence-corrected chi connectivity index (χ2v) is 1.98. The van der Waals surface area contributed by atoms with Gasteiger partial charge < -0.3 is 15.0 Å². The van der Waals surface area contributed by atoms with Gasteiger partial charge in [0.15, 0.2) is 5.78 Å². The molecule has 0 aliphatic rings. The fraction of sp³-hybridized carbons (Fsp3) is 0.667. The van der Waals surface area contributed by atoms with E-state index in [4.69, 9.17) is 5.11 Å². The third-order valence-electron chi connectivity index (χ3n) is 1.12. The van der Waals surface area contributed by atoms with Crippen molar-refractivity contribution in [2.24, 2.45) is 0 Å². The van der Waals surface area contributed by atoms with Crippen LogP contribution in [-0.2, 0) is 9.59 Å². The minimum Gasteiger partial charge on any atom is -0.542 e. The topological polar surface area (TPSA) is 77.4 Å². The standard InChI is InChI=1S/C6H10O4/c1-2-4(7)3-5(8)6(9)10/h4,7H,2-3H2,1H3,(H,9,10)/p-1. The van der Waals surface area contributed by atoms with Crippen LogP contribution in [0.3, 0.4) is 0 Å². The highest BCUT2D eigenvalue weighted by atomic mass is 16.4. The van der Waals surface area contributed by atoms with Gasteiger partial charge in [0, 0.05) is 6.42 Å². The highest BCUT2D eigenvalue weighted by molar-refractivity contribution is 6.31. The molecule has 1 unspecified atom stereocenters. The van der Waals surface area contributed by atoms with E-state index in [1.807, 2.05) is 0 Å². The molecule has 0 heterocycles. The fourth-order valence-corrected chi connectivity index (χ4v) is 0.442. The van der Waals surface area contributed by atoms with Crippen molar-refractivity contribution in [3.8, 4) is 0 Å². The number of ketones is 1. The van der Waals surface area contributed by atoms with Gasteiger partial charge in [-0.3, -0.25) is 4.79 Å². The average Bonchev–Trinajstić information content (AvgIpc) is 1.87. The summed E-state index contributed by atoms with van der Waals surface area (Å²) >= 11 is 0. The normalized spacial score (nSPS) is 12.6. The van der Waals surface area contributed by atoms with Gasteiger partial charge in [-0.1, -0.05) is 6.92 Å². The third kappa shape index (κ3) is 3.19. The van der Waals surface area contributed by atoms with Gasteiger partial charge in [-0.05, 0) is 6.42 Å². The number of hydrogen-bond acceptors (Lipinski definition) is 4. The molecule has 0 aliphatic heterocycles. The summed E-state index contributed by atoms with van der Waals surface area (Å²) in [5.41, 5.74) is 0.